The molecule has 0 spiro atoms. The minimum absolute atomic E-state index is 0.330. The molecule has 6 nitrogen and oxygen atoms in total. The third-order valence-electron chi connectivity index (χ3n) is 4.32. The molecule has 1 aliphatic heterocycles. The number of hydrogen-bond donors (Lipinski definition) is 0. The van der Waals surface area contributed by atoms with Crippen LogP contribution in [0.4, 0.5) is 0 Å². The Morgan fingerprint density at radius 3 is 2.73 bits per heavy atom. The van der Waals surface area contributed by atoms with Crippen LogP contribution in [-0.2, 0) is 11.3 Å². The number of rotatable bonds is 2. The second-order valence-electron chi connectivity index (χ2n) is 5.83. The van der Waals surface area contributed by atoms with Crippen LogP contribution in [0.1, 0.15) is 33.1 Å². The molecule has 1 aromatic heterocycles. The van der Waals surface area contributed by atoms with Gasteiger partial charge in [-0.15, -0.1) is 10.2 Å². The first-order chi connectivity index (χ1) is 12.6. The summed E-state index contributed by atoms with van der Waals surface area (Å²) in [6.07, 6.45) is 0. The Morgan fingerprint density at radius 2 is 1.96 bits per heavy atom. The Labute approximate surface area is 155 Å². The third kappa shape index (κ3) is 2.50. The number of aryl methyl sites for hydroxylation is 1. The topological polar surface area (TPSA) is 69.4 Å². The summed E-state index contributed by atoms with van der Waals surface area (Å²) in [4.78, 5) is 17.2. The number of aromatic nitrogens is 3. The van der Waals surface area contributed by atoms with Crippen molar-refractivity contribution in [2.75, 3.05) is 7.11 Å². The van der Waals surface area contributed by atoms with Crippen LogP contribution in [0.3, 0.4) is 0 Å². The average Bonchev–Trinajstić information content (AvgIpc) is 2.93. The van der Waals surface area contributed by atoms with E-state index in [1.165, 1.54) is 7.11 Å². The molecule has 2 heterocycles. The number of nitrogens with zero attached hydrogens (tertiary/aromatic N) is 4. The summed E-state index contributed by atoms with van der Waals surface area (Å²) in [7, 11) is 1.36. The van der Waals surface area contributed by atoms with Crippen LogP contribution < -0.4 is 0 Å². The number of aliphatic imine (C=N–C) groups is 1. The van der Waals surface area contributed by atoms with Gasteiger partial charge in [0, 0.05) is 16.1 Å². The smallest absolute Gasteiger partial charge is 0.338 e. The first-order valence-corrected chi connectivity index (χ1v) is 8.42. The Kier molecular flexibility index (Phi) is 4.05. The second kappa shape index (κ2) is 6.38. The lowest BCUT2D eigenvalue weighted by Gasteiger charge is -2.16. The molecule has 2 aromatic carbocycles. The fourth-order valence-electron chi connectivity index (χ4n) is 3.18. The van der Waals surface area contributed by atoms with E-state index < -0.39 is 5.97 Å². The van der Waals surface area contributed by atoms with E-state index in [2.05, 4.69) is 10.2 Å². The summed E-state index contributed by atoms with van der Waals surface area (Å²) < 4.78 is 6.90. The number of ether oxygens (including phenoxy) is 1. The van der Waals surface area contributed by atoms with E-state index in [4.69, 9.17) is 21.3 Å². The van der Waals surface area contributed by atoms with Crippen molar-refractivity contribution in [2.24, 2.45) is 4.99 Å². The average molecular weight is 367 g/mol. The van der Waals surface area contributed by atoms with Crippen molar-refractivity contribution < 1.29 is 9.53 Å². The molecule has 0 atom stereocenters. The molecular weight excluding hydrogens is 352 g/mol. The maximum absolute atomic E-state index is 12.4. The summed E-state index contributed by atoms with van der Waals surface area (Å²) in [5.41, 5.74) is 3.25. The molecule has 0 unspecified atom stereocenters. The predicted molar refractivity (Wildman–Crippen MR) is 98.2 cm³/mol. The lowest BCUT2D eigenvalue weighted by atomic mass is 9.95. The number of fused-ring (bicyclic) bond motifs is 3. The van der Waals surface area contributed by atoms with E-state index in [1.54, 1.807) is 12.1 Å². The molecule has 1 aliphatic rings. The highest BCUT2D eigenvalue weighted by atomic mass is 35.5. The van der Waals surface area contributed by atoms with Crippen molar-refractivity contribution in [2.45, 2.75) is 13.5 Å². The van der Waals surface area contributed by atoms with Crippen molar-refractivity contribution in [3.63, 3.8) is 0 Å². The number of esters is 1. The molecule has 4 rings (SSSR count). The Balaban J connectivity index is 2.08. The molecule has 130 valence electrons. The lowest BCUT2D eigenvalue weighted by Crippen LogP contribution is -2.16. The van der Waals surface area contributed by atoms with Gasteiger partial charge in [-0.05, 0) is 25.1 Å². The maximum Gasteiger partial charge on any atom is 0.338 e. The molecule has 0 fully saturated rings. The van der Waals surface area contributed by atoms with Crippen molar-refractivity contribution in [3.8, 4) is 5.69 Å². The normalized spacial score (nSPS) is 12.7. The van der Waals surface area contributed by atoms with Gasteiger partial charge in [0.05, 0.1) is 24.1 Å². The van der Waals surface area contributed by atoms with E-state index in [-0.39, 0.29) is 0 Å². The van der Waals surface area contributed by atoms with Crippen molar-refractivity contribution in [1.29, 1.82) is 0 Å². The van der Waals surface area contributed by atoms with E-state index in [0.717, 1.165) is 17.1 Å². The van der Waals surface area contributed by atoms with Crippen LogP contribution in [0.5, 0.6) is 0 Å². The number of hydrogen-bond acceptors (Lipinski definition) is 5. The Hall–Kier alpha value is -2.99. The fraction of sp³-hybridized carbons (Fsp3) is 0.158. The number of methoxy groups -OCH3 is 1. The van der Waals surface area contributed by atoms with Crippen LogP contribution in [-0.4, -0.2) is 33.6 Å². The van der Waals surface area contributed by atoms with Gasteiger partial charge in [-0.1, -0.05) is 35.9 Å². The Bertz CT molecular complexity index is 1060. The van der Waals surface area contributed by atoms with Crippen LogP contribution in [0, 0.1) is 6.92 Å². The zero-order valence-electron chi connectivity index (χ0n) is 14.2. The van der Waals surface area contributed by atoms with Crippen molar-refractivity contribution in [3.05, 3.63) is 75.8 Å². The standard InChI is InChI=1S/C19H15ClN4O2/c1-11-22-23-16-10-21-18(12-6-3-4-8-14(12)20)17-13(19(25)26-2)7-5-9-15(17)24(11)16/h3-9H,10H2,1-2H3. The fourth-order valence-corrected chi connectivity index (χ4v) is 3.40. The molecule has 0 saturated heterocycles. The first-order valence-electron chi connectivity index (χ1n) is 8.04. The van der Waals surface area contributed by atoms with Gasteiger partial charge < -0.3 is 4.74 Å². The summed E-state index contributed by atoms with van der Waals surface area (Å²) >= 11 is 6.43. The summed E-state index contributed by atoms with van der Waals surface area (Å²) in [5, 5.41) is 8.93. The molecule has 26 heavy (non-hydrogen) atoms. The minimum atomic E-state index is -0.434. The van der Waals surface area contributed by atoms with Crippen LogP contribution in [0.25, 0.3) is 5.69 Å². The molecule has 3 aromatic rings. The second-order valence-corrected chi connectivity index (χ2v) is 6.24. The van der Waals surface area contributed by atoms with E-state index in [1.807, 2.05) is 41.8 Å². The van der Waals surface area contributed by atoms with Gasteiger partial charge in [0.25, 0.3) is 0 Å². The zero-order chi connectivity index (χ0) is 18.3. The van der Waals surface area contributed by atoms with Crippen LogP contribution >= 0.6 is 11.6 Å². The van der Waals surface area contributed by atoms with Gasteiger partial charge in [-0.3, -0.25) is 9.56 Å². The van der Waals surface area contributed by atoms with Crippen molar-refractivity contribution in [1.82, 2.24) is 14.8 Å². The molecule has 0 saturated carbocycles. The molecule has 0 radical (unpaired) electrons. The van der Waals surface area contributed by atoms with E-state index in [0.29, 0.717) is 34.2 Å². The highest BCUT2D eigenvalue weighted by molar-refractivity contribution is 6.36. The quantitative estimate of drug-likeness (QED) is 0.652. The van der Waals surface area contributed by atoms with E-state index in [9.17, 15) is 4.79 Å². The lowest BCUT2D eigenvalue weighted by molar-refractivity contribution is 0.0600. The highest BCUT2D eigenvalue weighted by Gasteiger charge is 2.27. The maximum atomic E-state index is 12.4. The minimum Gasteiger partial charge on any atom is -0.465 e. The summed E-state index contributed by atoms with van der Waals surface area (Å²) in [5.74, 6) is 0.988. The van der Waals surface area contributed by atoms with Gasteiger partial charge in [-0.2, -0.15) is 0 Å². The highest BCUT2D eigenvalue weighted by Crippen LogP contribution is 2.30. The molecule has 0 bridgehead atoms. The summed E-state index contributed by atoms with van der Waals surface area (Å²) in [6.45, 7) is 2.20. The predicted octanol–water partition coefficient (Wildman–Crippen LogP) is 3.37. The number of carbonyl (C=O) groups is 1. The largest absolute Gasteiger partial charge is 0.465 e. The first kappa shape index (κ1) is 16.5. The van der Waals surface area contributed by atoms with Crippen LogP contribution in [0.15, 0.2) is 47.5 Å². The van der Waals surface area contributed by atoms with Gasteiger partial charge in [0.1, 0.15) is 12.4 Å². The van der Waals surface area contributed by atoms with Crippen LogP contribution in [0.2, 0.25) is 5.02 Å². The summed E-state index contributed by atoms with van der Waals surface area (Å²) in [6, 6.07) is 12.9. The van der Waals surface area contributed by atoms with E-state index >= 15 is 0 Å². The molecular formula is C19H15ClN4O2. The molecule has 0 N–H and O–H groups in total. The number of halogens is 1. The van der Waals surface area contributed by atoms with Gasteiger partial charge in [-0.25, -0.2) is 4.79 Å². The zero-order valence-corrected chi connectivity index (χ0v) is 15.0. The van der Waals surface area contributed by atoms with Gasteiger partial charge in [0.2, 0.25) is 0 Å². The van der Waals surface area contributed by atoms with Gasteiger partial charge in [0.15, 0.2) is 5.82 Å². The third-order valence-corrected chi connectivity index (χ3v) is 4.65. The van der Waals surface area contributed by atoms with Gasteiger partial charge >= 0.3 is 5.97 Å². The van der Waals surface area contributed by atoms with Crippen molar-refractivity contribution >= 4 is 23.3 Å². The molecule has 7 heteroatoms. The molecule has 0 aliphatic carbocycles. The number of carbonyl (C=O) groups excluding carboxylic acids is 1. The Morgan fingerprint density at radius 1 is 1.15 bits per heavy atom. The molecule has 0 amide bonds. The SMILES string of the molecule is COC(=O)c1cccc2c1C(c1ccccc1Cl)=NCc1nnc(C)n1-2. The number of benzene rings is 2. The monoisotopic (exact) mass is 366 g/mol.